The van der Waals surface area contributed by atoms with E-state index in [2.05, 4.69) is 27.7 Å². The van der Waals surface area contributed by atoms with Crippen LogP contribution in [0.15, 0.2) is 24.3 Å². The van der Waals surface area contributed by atoms with Crippen molar-refractivity contribution in [2.45, 2.75) is 64.3 Å². The van der Waals surface area contributed by atoms with Crippen LogP contribution in [-0.4, -0.2) is 37.6 Å². The Kier molecular flexibility index (Phi) is 4.72. The van der Waals surface area contributed by atoms with Crippen molar-refractivity contribution in [3.63, 3.8) is 0 Å². The Labute approximate surface area is 139 Å². The molecule has 23 heavy (non-hydrogen) atoms. The minimum absolute atomic E-state index is 0.212. The molecule has 0 unspecified atom stereocenters. The van der Waals surface area contributed by atoms with E-state index >= 15 is 0 Å². The van der Waals surface area contributed by atoms with Crippen molar-refractivity contribution in [2.24, 2.45) is 0 Å². The summed E-state index contributed by atoms with van der Waals surface area (Å²) in [4.78, 5) is 0. The van der Waals surface area contributed by atoms with Gasteiger partial charge in [-0.05, 0) is 64.6 Å². The summed E-state index contributed by atoms with van der Waals surface area (Å²) < 4.78 is 23.8. The molecule has 0 aromatic heterocycles. The van der Waals surface area contributed by atoms with Gasteiger partial charge in [0.15, 0.2) is 0 Å². The second-order valence-corrected chi connectivity index (χ2v) is 7.46. The first kappa shape index (κ1) is 16.8. The van der Waals surface area contributed by atoms with E-state index in [0.29, 0.717) is 6.61 Å². The molecule has 0 saturated carbocycles. The highest BCUT2D eigenvalue weighted by molar-refractivity contribution is 6.62. The van der Waals surface area contributed by atoms with Crippen LogP contribution in [0.2, 0.25) is 0 Å². The molecule has 3 rings (SSSR count). The number of hydrogen-bond donors (Lipinski definition) is 0. The highest BCUT2D eigenvalue weighted by atomic mass is 16.7. The van der Waals surface area contributed by atoms with Crippen LogP contribution in [0.1, 0.15) is 47.0 Å². The molecule has 2 saturated heterocycles. The van der Waals surface area contributed by atoms with Gasteiger partial charge in [-0.25, -0.2) is 0 Å². The van der Waals surface area contributed by atoms with Crippen molar-refractivity contribution >= 4 is 12.6 Å². The summed E-state index contributed by atoms with van der Waals surface area (Å²) in [5.41, 5.74) is 0.334. The molecule has 1 aromatic carbocycles. The zero-order chi connectivity index (χ0) is 16.5. The maximum absolute atomic E-state index is 6.10. The number of ether oxygens (including phenoxy) is 2. The van der Waals surface area contributed by atoms with Gasteiger partial charge in [0.05, 0.1) is 17.3 Å². The van der Waals surface area contributed by atoms with Crippen molar-refractivity contribution < 1.29 is 18.8 Å². The molecule has 1 aromatic rings. The molecule has 2 aliphatic heterocycles. The Morgan fingerprint density at radius 3 is 2.52 bits per heavy atom. The van der Waals surface area contributed by atoms with E-state index in [1.165, 1.54) is 6.42 Å². The van der Waals surface area contributed by atoms with E-state index in [1.54, 1.807) is 0 Å². The Morgan fingerprint density at radius 2 is 1.87 bits per heavy atom. The molecule has 0 spiro atoms. The lowest BCUT2D eigenvalue weighted by molar-refractivity contribution is -0.0110. The highest BCUT2D eigenvalue weighted by Crippen LogP contribution is 2.36. The largest absolute Gasteiger partial charge is 0.494 e. The monoisotopic (exact) mass is 318 g/mol. The van der Waals surface area contributed by atoms with Crippen molar-refractivity contribution in [1.82, 2.24) is 0 Å². The fourth-order valence-electron chi connectivity index (χ4n) is 2.86. The van der Waals surface area contributed by atoms with Crippen molar-refractivity contribution in [2.75, 3.05) is 13.2 Å². The third kappa shape index (κ3) is 3.73. The summed E-state index contributed by atoms with van der Waals surface area (Å²) in [5, 5.41) is 0. The molecule has 2 heterocycles. The molecule has 0 bridgehead atoms. The average Bonchev–Trinajstić information content (AvgIpc) is 2.75. The van der Waals surface area contributed by atoms with E-state index in [0.717, 1.165) is 30.7 Å². The Balaban J connectivity index is 1.63. The van der Waals surface area contributed by atoms with Crippen LogP contribution in [0.5, 0.6) is 5.75 Å². The molecular weight excluding hydrogens is 291 g/mol. The quantitative estimate of drug-likeness (QED) is 0.800. The SMILES string of the molecule is CC1(C)OB(c2cccc(OC[C@@H]3CCCCO3)c2)OC1(C)C. The summed E-state index contributed by atoms with van der Waals surface area (Å²) in [6.45, 7) is 9.71. The lowest BCUT2D eigenvalue weighted by atomic mass is 9.79. The third-order valence-corrected chi connectivity index (χ3v) is 5.09. The molecule has 0 amide bonds. The summed E-state index contributed by atoms with van der Waals surface area (Å²) >= 11 is 0. The standard InChI is InChI=1S/C18H27BO4/c1-17(2)18(3,4)23-19(22-17)14-8-7-10-15(12-14)21-13-16-9-5-6-11-20-16/h7-8,10,12,16H,5-6,9,11,13H2,1-4H3/t16-/m0/s1. The zero-order valence-electron chi connectivity index (χ0n) is 14.6. The van der Waals surface area contributed by atoms with Crippen molar-refractivity contribution in [1.29, 1.82) is 0 Å². The summed E-state index contributed by atoms with van der Waals surface area (Å²) in [5.74, 6) is 0.839. The molecule has 126 valence electrons. The average molecular weight is 318 g/mol. The Bertz CT molecular complexity index is 522. The van der Waals surface area contributed by atoms with Crippen LogP contribution < -0.4 is 10.2 Å². The minimum Gasteiger partial charge on any atom is -0.491 e. The molecule has 1 atom stereocenters. The van der Waals surface area contributed by atoms with E-state index in [4.69, 9.17) is 18.8 Å². The van der Waals surface area contributed by atoms with Crippen LogP contribution in [0, 0.1) is 0 Å². The number of hydrogen-bond acceptors (Lipinski definition) is 4. The van der Waals surface area contributed by atoms with Crippen LogP contribution in [0.4, 0.5) is 0 Å². The van der Waals surface area contributed by atoms with Crippen molar-refractivity contribution in [3.05, 3.63) is 24.3 Å². The molecule has 5 heteroatoms. The van der Waals surface area contributed by atoms with Gasteiger partial charge in [-0.3, -0.25) is 0 Å². The second kappa shape index (κ2) is 6.46. The topological polar surface area (TPSA) is 36.9 Å². The summed E-state index contributed by atoms with van der Waals surface area (Å²) in [6.07, 6.45) is 3.68. The van der Waals surface area contributed by atoms with E-state index in [9.17, 15) is 0 Å². The van der Waals surface area contributed by atoms with Crippen LogP contribution in [0.25, 0.3) is 0 Å². The predicted octanol–water partition coefficient (Wildman–Crippen LogP) is 2.93. The van der Waals surface area contributed by atoms with Crippen LogP contribution in [-0.2, 0) is 14.0 Å². The number of benzene rings is 1. The molecular formula is C18H27BO4. The molecule has 2 aliphatic rings. The van der Waals surface area contributed by atoms with Crippen molar-refractivity contribution in [3.8, 4) is 5.75 Å². The van der Waals surface area contributed by atoms with Gasteiger partial charge in [0.2, 0.25) is 0 Å². The first-order valence-electron chi connectivity index (χ1n) is 8.57. The lowest BCUT2D eigenvalue weighted by Gasteiger charge is -2.32. The lowest BCUT2D eigenvalue weighted by Crippen LogP contribution is -2.41. The van der Waals surface area contributed by atoms with Crippen LogP contribution >= 0.6 is 0 Å². The zero-order valence-corrected chi connectivity index (χ0v) is 14.6. The van der Waals surface area contributed by atoms with E-state index < -0.39 is 0 Å². The Morgan fingerprint density at radius 1 is 1.13 bits per heavy atom. The second-order valence-electron chi connectivity index (χ2n) is 7.46. The van der Waals surface area contributed by atoms with Gasteiger partial charge in [-0.1, -0.05) is 12.1 Å². The predicted molar refractivity (Wildman–Crippen MR) is 91.2 cm³/mol. The van der Waals surface area contributed by atoms with Gasteiger partial charge in [-0.2, -0.15) is 0 Å². The van der Waals surface area contributed by atoms with Crippen LogP contribution in [0.3, 0.4) is 0 Å². The molecule has 0 radical (unpaired) electrons. The highest BCUT2D eigenvalue weighted by Gasteiger charge is 2.51. The molecule has 0 aliphatic carbocycles. The molecule has 0 N–H and O–H groups in total. The first-order valence-corrected chi connectivity index (χ1v) is 8.57. The van der Waals surface area contributed by atoms with Gasteiger partial charge in [-0.15, -0.1) is 0 Å². The number of rotatable bonds is 4. The van der Waals surface area contributed by atoms with Gasteiger partial charge in [0.25, 0.3) is 0 Å². The summed E-state index contributed by atoms with van der Waals surface area (Å²) in [6, 6.07) is 7.98. The summed E-state index contributed by atoms with van der Waals surface area (Å²) in [7, 11) is -0.352. The van der Waals surface area contributed by atoms with Gasteiger partial charge in [0.1, 0.15) is 12.4 Å². The Hall–Kier alpha value is -1.04. The van der Waals surface area contributed by atoms with Gasteiger partial charge < -0.3 is 18.8 Å². The third-order valence-electron chi connectivity index (χ3n) is 5.09. The smallest absolute Gasteiger partial charge is 0.491 e. The first-order chi connectivity index (χ1) is 10.9. The fraction of sp³-hybridized carbons (Fsp3) is 0.667. The maximum Gasteiger partial charge on any atom is 0.494 e. The van der Waals surface area contributed by atoms with E-state index in [1.807, 2.05) is 24.3 Å². The van der Waals surface area contributed by atoms with Gasteiger partial charge >= 0.3 is 7.12 Å². The maximum atomic E-state index is 6.10. The minimum atomic E-state index is -0.352. The fourth-order valence-corrected chi connectivity index (χ4v) is 2.86. The normalized spacial score (nSPS) is 26.3. The molecule has 2 fully saturated rings. The van der Waals surface area contributed by atoms with E-state index in [-0.39, 0.29) is 24.4 Å². The molecule has 4 nitrogen and oxygen atoms in total. The van der Waals surface area contributed by atoms with Gasteiger partial charge in [0, 0.05) is 6.61 Å².